The predicted octanol–water partition coefficient (Wildman–Crippen LogP) is 1.27. The lowest BCUT2D eigenvalue weighted by Crippen LogP contribution is -2.43. The number of carbonyl (C=O) groups is 2. The van der Waals surface area contributed by atoms with Crippen LogP contribution in [0, 0.1) is 17.6 Å². The third-order valence-electron chi connectivity index (χ3n) is 4.61. The number of hydrogen-bond donors (Lipinski definition) is 1. The molecule has 2 aliphatic rings. The number of halogens is 2. The molecule has 2 aliphatic heterocycles. The standard InChI is InChI=1S/C16H19F2N3O2/c17-11-3-4-14(13(18)7-11)21-9-10(6-15(21)22)16(23)20-5-1-2-12(20)8-19/h3-4,7,10,12H,1-2,5-6,8-9,19H2. The van der Waals surface area contributed by atoms with Crippen molar-refractivity contribution in [3.05, 3.63) is 29.8 Å². The zero-order chi connectivity index (χ0) is 16.6. The first-order valence-corrected chi connectivity index (χ1v) is 7.77. The molecule has 23 heavy (non-hydrogen) atoms. The third-order valence-corrected chi connectivity index (χ3v) is 4.61. The highest BCUT2D eigenvalue weighted by Crippen LogP contribution is 2.30. The SMILES string of the molecule is NCC1CCCN1C(=O)C1CC(=O)N(c2ccc(F)cc2F)C1. The molecule has 3 rings (SSSR count). The Bertz CT molecular complexity index is 638. The largest absolute Gasteiger partial charge is 0.338 e. The lowest BCUT2D eigenvalue weighted by atomic mass is 10.1. The summed E-state index contributed by atoms with van der Waals surface area (Å²) in [6.45, 7) is 1.17. The van der Waals surface area contributed by atoms with Gasteiger partial charge in [-0.05, 0) is 25.0 Å². The molecule has 0 aliphatic carbocycles. The number of anilines is 1. The second-order valence-electron chi connectivity index (χ2n) is 6.06. The Hall–Kier alpha value is -2.02. The van der Waals surface area contributed by atoms with Gasteiger partial charge in [-0.15, -0.1) is 0 Å². The van der Waals surface area contributed by atoms with E-state index in [1.54, 1.807) is 4.90 Å². The molecule has 2 amide bonds. The van der Waals surface area contributed by atoms with E-state index >= 15 is 0 Å². The maximum absolute atomic E-state index is 13.9. The molecule has 5 nitrogen and oxygen atoms in total. The fraction of sp³-hybridized carbons (Fsp3) is 0.500. The van der Waals surface area contributed by atoms with Crippen LogP contribution < -0.4 is 10.6 Å². The predicted molar refractivity (Wildman–Crippen MR) is 80.6 cm³/mol. The van der Waals surface area contributed by atoms with Crippen molar-refractivity contribution in [2.24, 2.45) is 11.7 Å². The molecular weight excluding hydrogens is 304 g/mol. The summed E-state index contributed by atoms with van der Waals surface area (Å²) in [5, 5.41) is 0. The van der Waals surface area contributed by atoms with Gasteiger partial charge in [-0.3, -0.25) is 9.59 Å². The topological polar surface area (TPSA) is 66.6 Å². The summed E-state index contributed by atoms with van der Waals surface area (Å²) in [6, 6.07) is 3.09. The molecule has 2 fully saturated rings. The van der Waals surface area contributed by atoms with Crippen LogP contribution in [0.25, 0.3) is 0 Å². The van der Waals surface area contributed by atoms with Gasteiger partial charge in [-0.25, -0.2) is 8.78 Å². The highest BCUT2D eigenvalue weighted by molar-refractivity contribution is 6.00. The molecule has 0 bridgehead atoms. The zero-order valence-electron chi connectivity index (χ0n) is 12.7. The summed E-state index contributed by atoms with van der Waals surface area (Å²) in [7, 11) is 0. The van der Waals surface area contributed by atoms with Crippen LogP contribution in [0.5, 0.6) is 0 Å². The highest BCUT2D eigenvalue weighted by atomic mass is 19.1. The van der Waals surface area contributed by atoms with E-state index in [-0.39, 0.29) is 36.5 Å². The van der Waals surface area contributed by atoms with Crippen molar-refractivity contribution >= 4 is 17.5 Å². The lowest BCUT2D eigenvalue weighted by molar-refractivity contribution is -0.136. The quantitative estimate of drug-likeness (QED) is 0.911. The van der Waals surface area contributed by atoms with Crippen molar-refractivity contribution in [3.8, 4) is 0 Å². The van der Waals surface area contributed by atoms with E-state index in [1.165, 1.54) is 11.0 Å². The van der Waals surface area contributed by atoms with Crippen LogP contribution in [0.1, 0.15) is 19.3 Å². The fourth-order valence-electron chi connectivity index (χ4n) is 3.41. The molecular formula is C16H19F2N3O2. The Labute approximate surface area is 133 Å². The van der Waals surface area contributed by atoms with Crippen molar-refractivity contribution in [3.63, 3.8) is 0 Å². The Morgan fingerprint density at radius 1 is 1.35 bits per heavy atom. The van der Waals surface area contributed by atoms with Crippen LogP contribution in [0.3, 0.4) is 0 Å². The van der Waals surface area contributed by atoms with Gasteiger partial charge in [0, 0.05) is 38.2 Å². The average molecular weight is 323 g/mol. The summed E-state index contributed by atoms with van der Waals surface area (Å²) in [5.41, 5.74) is 5.70. The minimum Gasteiger partial charge on any atom is -0.338 e. The number of hydrogen-bond acceptors (Lipinski definition) is 3. The van der Waals surface area contributed by atoms with Gasteiger partial charge in [0.25, 0.3) is 0 Å². The number of nitrogens with zero attached hydrogens (tertiary/aromatic N) is 2. The van der Waals surface area contributed by atoms with Crippen LogP contribution in [-0.4, -0.2) is 42.4 Å². The van der Waals surface area contributed by atoms with E-state index in [1.807, 2.05) is 0 Å². The van der Waals surface area contributed by atoms with Crippen LogP contribution in [0.2, 0.25) is 0 Å². The van der Waals surface area contributed by atoms with Crippen LogP contribution in [-0.2, 0) is 9.59 Å². The lowest BCUT2D eigenvalue weighted by Gasteiger charge is -2.26. The second-order valence-corrected chi connectivity index (χ2v) is 6.06. The smallest absolute Gasteiger partial charge is 0.228 e. The Balaban J connectivity index is 1.75. The van der Waals surface area contributed by atoms with Gasteiger partial charge in [0.05, 0.1) is 11.6 Å². The van der Waals surface area contributed by atoms with Gasteiger partial charge in [0.1, 0.15) is 11.6 Å². The normalized spacial score (nSPS) is 24.6. The molecule has 0 aromatic heterocycles. The van der Waals surface area contributed by atoms with Crippen molar-refractivity contribution in [2.45, 2.75) is 25.3 Å². The van der Waals surface area contributed by atoms with Gasteiger partial charge in [0.2, 0.25) is 11.8 Å². The monoisotopic (exact) mass is 323 g/mol. The van der Waals surface area contributed by atoms with Gasteiger partial charge in [0.15, 0.2) is 0 Å². The van der Waals surface area contributed by atoms with Gasteiger partial charge in [-0.2, -0.15) is 0 Å². The number of rotatable bonds is 3. The van der Waals surface area contributed by atoms with E-state index in [0.717, 1.165) is 25.0 Å². The van der Waals surface area contributed by atoms with E-state index in [4.69, 9.17) is 5.73 Å². The van der Waals surface area contributed by atoms with Gasteiger partial charge < -0.3 is 15.5 Å². The zero-order valence-corrected chi connectivity index (χ0v) is 12.7. The molecule has 2 atom stereocenters. The fourth-order valence-corrected chi connectivity index (χ4v) is 3.41. The number of likely N-dealkylation sites (tertiary alicyclic amines) is 1. The van der Waals surface area contributed by atoms with Crippen molar-refractivity contribution in [2.75, 3.05) is 24.5 Å². The molecule has 1 aromatic rings. The highest BCUT2D eigenvalue weighted by Gasteiger charge is 2.40. The van der Waals surface area contributed by atoms with Crippen LogP contribution >= 0.6 is 0 Å². The summed E-state index contributed by atoms with van der Waals surface area (Å²) >= 11 is 0. The summed E-state index contributed by atoms with van der Waals surface area (Å²) in [4.78, 5) is 27.7. The molecule has 2 heterocycles. The molecule has 7 heteroatoms. The van der Waals surface area contributed by atoms with Gasteiger partial charge in [-0.1, -0.05) is 0 Å². The molecule has 2 N–H and O–H groups in total. The molecule has 0 saturated carbocycles. The Morgan fingerprint density at radius 2 is 2.13 bits per heavy atom. The van der Waals surface area contributed by atoms with Crippen molar-refractivity contribution in [1.29, 1.82) is 0 Å². The average Bonchev–Trinajstić information content (AvgIpc) is 3.13. The van der Waals surface area contributed by atoms with Gasteiger partial charge >= 0.3 is 0 Å². The maximum Gasteiger partial charge on any atom is 0.228 e. The minimum absolute atomic E-state index is 0.0171. The summed E-state index contributed by atoms with van der Waals surface area (Å²) < 4.78 is 26.9. The Morgan fingerprint density at radius 3 is 2.83 bits per heavy atom. The molecule has 1 aromatic carbocycles. The first-order valence-electron chi connectivity index (χ1n) is 7.77. The number of nitrogens with two attached hydrogens (primary N) is 1. The van der Waals surface area contributed by atoms with E-state index in [0.29, 0.717) is 13.1 Å². The van der Waals surface area contributed by atoms with Crippen LogP contribution in [0.4, 0.5) is 14.5 Å². The van der Waals surface area contributed by atoms with E-state index < -0.39 is 17.6 Å². The minimum atomic E-state index is -0.799. The molecule has 2 saturated heterocycles. The maximum atomic E-state index is 13.9. The Kier molecular flexibility index (Phi) is 4.30. The van der Waals surface area contributed by atoms with E-state index in [2.05, 4.69) is 0 Å². The molecule has 0 radical (unpaired) electrons. The molecule has 2 unspecified atom stereocenters. The van der Waals surface area contributed by atoms with Crippen molar-refractivity contribution < 1.29 is 18.4 Å². The first kappa shape index (κ1) is 15.9. The van der Waals surface area contributed by atoms with Crippen LogP contribution in [0.15, 0.2) is 18.2 Å². The molecule has 0 spiro atoms. The third kappa shape index (κ3) is 2.93. The molecule has 124 valence electrons. The second kappa shape index (κ2) is 6.23. The summed E-state index contributed by atoms with van der Waals surface area (Å²) in [5.74, 6) is -2.42. The summed E-state index contributed by atoms with van der Waals surface area (Å²) in [6.07, 6.45) is 1.83. The number of benzene rings is 1. The number of carbonyl (C=O) groups excluding carboxylic acids is 2. The first-order chi connectivity index (χ1) is 11.0. The number of amides is 2. The van der Waals surface area contributed by atoms with Crippen molar-refractivity contribution in [1.82, 2.24) is 4.90 Å². The van der Waals surface area contributed by atoms with E-state index in [9.17, 15) is 18.4 Å².